The lowest BCUT2D eigenvalue weighted by molar-refractivity contribution is -0.137. The predicted octanol–water partition coefficient (Wildman–Crippen LogP) is 7.50. The fourth-order valence-electron chi connectivity index (χ4n) is 4.89. The summed E-state index contributed by atoms with van der Waals surface area (Å²) < 4.78 is 62.1. The third kappa shape index (κ3) is 4.55. The Morgan fingerprint density at radius 2 is 1.60 bits per heavy atom. The molecular weight excluding hydrogens is 526 g/mol. The van der Waals surface area contributed by atoms with Gasteiger partial charge in [0.15, 0.2) is 5.84 Å². The van der Waals surface area contributed by atoms with Gasteiger partial charge >= 0.3 is 12.1 Å². The van der Waals surface area contributed by atoms with Crippen molar-refractivity contribution in [2.75, 3.05) is 0 Å². The van der Waals surface area contributed by atoms with Crippen molar-refractivity contribution >= 4 is 28.4 Å². The zero-order chi connectivity index (χ0) is 29.1. The van der Waals surface area contributed by atoms with E-state index in [9.17, 15) is 23.1 Å². The Morgan fingerprint density at radius 1 is 0.975 bits per heavy atom. The van der Waals surface area contributed by atoms with Crippen molar-refractivity contribution in [2.24, 2.45) is 10.7 Å². The van der Waals surface area contributed by atoms with Crippen molar-refractivity contribution in [1.29, 1.82) is 5.41 Å². The van der Waals surface area contributed by atoms with E-state index in [1.54, 1.807) is 26.8 Å². The summed E-state index contributed by atoms with van der Waals surface area (Å²) in [5, 5.41) is 18.3. The summed E-state index contributed by atoms with van der Waals surface area (Å²) in [4.78, 5) is 15.4. The molecule has 0 bridgehead atoms. The Balaban J connectivity index is 1.89. The van der Waals surface area contributed by atoms with Gasteiger partial charge in [0, 0.05) is 27.6 Å². The molecule has 204 valence electrons. The average molecular weight is 550 g/mol. The number of carboxylic acids is 1. The Bertz CT molecular complexity index is 1730. The van der Waals surface area contributed by atoms with Gasteiger partial charge in [-0.1, -0.05) is 32.9 Å². The summed E-state index contributed by atoms with van der Waals surface area (Å²) in [5.41, 5.74) is 6.11. The minimum Gasteiger partial charge on any atom is -0.478 e. The molecule has 0 saturated carbocycles. The van der Waals surface area contributed by atoms with Crippen molar-refractivity contribution in [3.05, 3.63) is 94.3 Å². The molecule has 10 heteroatoms. The van der Waals surface area contributed by atoms with Crippen LogP contribution in [-0.4, -0.2) is 22.7 Å². The largest absolute Gasteiger partial charge is 0.478 e. The number of halogens is 4. The lowest BCUT2D eigenvalue weighted by Gasteiger charge is -2.27. The van der Waals surface area contributed by atoms with Crippen LogP contribution in [0, 0.1) is 11.2 Å². The number of hydrogen-bond acceptors (Lipinski definition) is 4. The van der Waals surface area contributed by atoms with Crippen LogP contribution >= 0.6 is 0 Å². The summed E-state index contributed by atoms with van der Waals surface area (Å²) in [7, 11) is 0. The average Bonchev–Trinajstić information content (AvgIpc) is 3.14. The first kappa shape index (κ1) is 26.9. The molecule has 40 heavy (non-hydrogen) atoms. The number of nitrogens with two attached hydrogens (primary N) is 1. The molecule has 4 aromatic rings. The third-order valence-corrected chi connectivity index (χ3v) is 6.65. The summed E-state index contributed by atoms with van der Waals surface area (Å²) in [6.07, 6.45) is -4.55. The van der Waals surface area contributed by atoms with Gasteiger partial charge < -0.3 is 15.6 Å². The van der Waals surface area contributed by atoms with E-state index < -0.39 is 28.9 Å². The van der Waals surface area contributed by atoms with Crippen molar-refractivity contribution in [3.63, 3.8) is 0 Å². The van der Waals surface area contributed by atoms with Crippen LogP contribution in [0.15, 0.2) is 65.7 Å². The minimum atomic E-state index is -4.55. The van der Waals surface area contributed by atoms with Gasteiger partial charge in [0.25, 0.3) is 0 Å². The molecule has 0 aliphatic carbocycles. The van der Waals surface area contributed by atoms with Crippen molar-refractivity contribution in [2.45, 2.75) is 32.4 Å². The predicted molar refractivity (Wildman–Crippen MR) is 144 cm³/mol. The molecule has 0 unspecified atom stereocenters. The Kier molecular flexibility index (Phi) is 6.17. The van der Waals surface area contributed by atoms with Crippen molar-refractivity contribution < 1.29 is 32.2 Å². The number of rotatable bonds is 4. The number of fused-ring (bicyclic) bond motifs is 2. The minimum absolute atomic E-state index is 0.00445. The molecule has 1 aliphatic heterocycles. The van der Waals surface area contributed by atoms with Crippen LogP contribution in [0.4, 0.5) is 17.6 Å². The van der Waals surface area contributed by atoms with E-state index in [0.717, 1.165) is 12.1 Å². The lowest BCUT2D eigenvalue weighted by atomic mass is 9.81. The Labute approximate surface area is 226 Å². The highest BCUT2D eigenvalue weighted by Gasteiger charge is 2.33. The van der Waals surface area contributed by atoms with Gasteiger partial charge in [-0.2, -0.15) is 13.2 Å². The standard InChI is InChI=1S/C30H23F4N3O3/c1-29(2,3)24-20(31)13-16-12-19-23(27(36)37-26(19)35)21(14-4-8-17(9-5-14)30(32,33)34)22(16)25(24)40-18-10-6-15(7-11-18)28(38)39/h4-13H,1-3H3,(H,38,39)(H3,35,36,37). The molecule has 1 aliphatic rings. The normalized spacial score (nSPS) is 13.4. The highest BCUT2D eigenvalue weighted by atomic mass is 19.4. The number of amidine groups is 2. The zero-order valence-electron chi connectivity index (χ0n) is 21.6. The fourth-order valence-corrected chi connectivity index (χ4v) is 4.89. The molecule has 0 radical (unpaired) electrons. The van der Waals surface area contributed by atoms with Crippen LogP contribution in [0.3, 0.4) is 0 Å². The second-order valence-corrected chi connectivity index (χ2v) is 10.4. The van der Waals surface area contributed by atoms with Crippen LogP contribution < -0.4 is 10.5 Å². The molecule has 1 heterocycles. The van der Waals surface area contributed by atoms with E-state index in [4.69, 9.17) is 15.9 Å². The summed E-state index contributed by atoms with van der Waals surface area (Å²) in [5.74, 6) is -1.57. The van der Waals surface area contributed by atoms with E-state index in [0.29, 0.717) is 33.0 Å². The molecule has 6 nitrogen and oxygen atoms in total. The van der Waals surface area contributed by atoms with Gasteiger partial charge in [-0.15, -0.1) is 0 Å². The molecule has 0 saturated heterocycles. The van der Waals surface area contributed by atoms with Gasteiger partial charge in [0.1, 0.15) is 23.2 Å². The van der Waals surface area contributed by atoms with Gasteiger partial charge in [-0.3, -0.25) is 5.41 Å². The summed E-state index contributed by atoms with van der Waals surface area (Å²) in [6.45, 7) is 5.36. The van der Waals surface area contributed by atoms with Gasteiger partial charge in [0.05, 0.1) is 11.1 Å². The Hall–Kier alpha value is -4.73. The zero-order valence-corrected chi connectivity index (χ0v) is 21.6. The van der Waals surface area contributed by atoms with Gasteiger partial charge in [-0.05, 0) is 64.9 Å². The monoisotopic (exact) mass is 549 g/mol. The Morgan fingerprint density at radius 3 is 2.15 bits per heavy atom. The second kappa shape index (κ2) is 9.18. The number of nitrogens with one attached hydrogen (secondary N) is 1. The van der Waals surface area contributed by atoms with Crippen LogP contribution in [0.2, 0.25) is 0 Å². The van der Waals surface area contributed by atoms with E-state index in [2.05, 4.69) is 4.99 Å². The van der Waals surface area contributed by atoms with Crippen LogP contribution in [0.1, 0.15) is 53.4 Å². The quantitative estimate of drug-likeness (QED) is 0.229. The lowest BCUT2D eigenvalue weighted by Crippen LogP contribution is -2.17. The number of carboxylic acid groups (broad SMARTS) is 1. The molecule has 4 aromatic carbocycles. The number of benzene rings is 4. The SMILES string of the molecule is CC(C)(C)c1c(F)cc2cc3c(c(-c4ccc(C(F)(F)F)cc4)c2c1Oc1ccc(C(=O)O)cc1)C(N)=NC3=N. The number of aromatic carboxylic acids is 1. The first-order valence-electron chi connectivity index (χ1n) is 12.1. The number of alkyl halides is 3. The van der Waals surface area contributed by atoms with Crippen molar-refractivity contribution in [3.8, 4) is 22.6 Å². The first-order chi connectivity index (χ1) is 18.7. The number of hydrogen-bond donors (Lipinski definition) is 3. The highest BCUT2D eigenvalue weighted by molar-refractivity contribution is 6.27. The topological polar surface area (TPSA) is 109 Å². The molecule has 0 aromatic heterocycles. The molecule has 0 amide bonds. The van der Waals surface area contributed by atoms with Crippen LogP contribution in [0.25, 0.3) is 21.9 Å². The molecule has 5 rings (SSSR count). The van der Waals surface area contributed by atoms with E-state index in [-0.39, 0.29) is 34.3 Å². The molecule has 4 N–H and O–H groups in total. The number of carbonyl (C=O) groups is 1. The molecule has 0 atom stereocenters. The smallest absolute Gasteiger partial charge is 0.416 e. The third-order valence-electron chi connectivity index (χ3n) is 6.65. The fraction of sp³-hybridized carbons (Fsp3) is 0.167. The summed E-state index contributed by atoms with van der Waals surface area (Å²) >= 11 is 0. The maximum absolute atomic E-state index is 15.8. The molecule has 0 spiro atoms. The summed E-state index contributed by atoms with van der Waals surface area (Å²) in [6, 6.07) is 12.9. The highest BCUT2D eigenvalue weighted by Crippen LogP contribution is 2.48. The van der Waals surface area contributed by atoms with E-state index >= 15 is 4.39 Å². The number of ether oxygens (including phenoxy) is 1. The molecular formula is C30H23F4N3O3. The van der Waals surface area contributed by atoms with E-state index in [1.807, 2.05) is 0 Å². The van der Waals surface area contributed by atoms with Gasteiger partial charge in [-0.25, -0.2) is 14.2 Å². The molecule has 0 fully saturated rings. The number of aliphatic imine (C=N–C) groups is 1. The van der Waals surface area contributed by atoms with Crippen LogP contribution in [-0.2, 0) is 11.6 Å². The second-order valence-electron chi connectivity index (χ2n) is 10.4. The van der Waals surface area contributed by atoms with Crippen molar-refractivity contribution in [1.82, 2.24) is 0 Å². The van der Waals surface area contributed by atoms with E-state index in [1.165, 1.54) is 42.5 Å². The number of nitrogens with zero attached hydrogens (tertiary/aromatic N) is 1. The van der Waals surface area contributed by atoms with Crippen LogP contribution in [0.5, 0.6) is 11.5 Å². The first-order valence-corrected chi connectivity index (χ1v) is 12.1. The van der Waals surface area contributed by atoms with Gasteiger partial charge in [0.2, 0.25) is 0 Å². The maximum atomic E-state index is 15.8. The maximum Gasteiger partial charge on any atom is 0.416 e.